The molecular formula is C10H18O5. The number of aliphatic hydroxyl groups is 1. The van der Waals surface area contributed by atoms with Gasteiger partial charge in [-0.1, -0.05) is 0 Å². The van der Waals surface area contributed by atoms with Crippen molar-refractivity contribution in [2.24, 2.45) is 0 Å². The van der Waals surface area contributed by atoms with Crippen LogP contribution in [-0.2, 0) is 18.9 Å². The monoisotopic (exact) mass is 218 g/mol. The fraction of sp³-hybridized carbons (Fsp3) is 1.00. The molecule has 0 radical (unpaired) electrons. The van der Waals surface area contributed by atoms with Gasteiger partial charge < -0.3 is 24.1 Å². The molecule has 2 aliphatic rings. The maximum atomic E-state index is 9.67. The minimum atomic E-state index is -0.956. The van der Waals surface area contributed by atoms with Crippen LogP contribution in [0.3, 0.4) is 0 Å². The van der Waals surface area contributed by atoms with Gasteiger partial charge in [-0.2, -0.15) is 0 Å². The highest BCUT2D eigenvalue weighted by Crippen LogP contribution is 2.34. The molecule has 3 atom stereocenters. The molecule has 0 unspecified atom stereocenters. The van der Waals surface area contributed by atoms with E-state index in [-0.39, 0.29) is 6.10 Å². The van der Waals surface area contributed by atoms with E-state index in [1.54, 1.807) is 13.8 Å². The van der Waals surface area contributed by atoms with Gasteiger partial charge in [0.25, 0.3) is 0 Å². The maximum Gasteiger partial charge on any atom is 0.187 e. The Morgan fingerprint density at radius 1 is 1.00 bits per heavy atom. The Kier molecular flexibility index (Phi) is 2.56. The second kappa shape index (κ2) is 3.40. The standard InChI is InChI=1S/C10H18O5/c1-9(2)12-5-6(13-9)7-8(11)15-10(3,4)14-7/h6-8,11H,5H2,1-4H3/t6-,7-,8+/m1/s1. The molecule has 0 bridgehead atoms. The summed E-state index contributed by atoms with van der Waals surface area (Å²) in [6.45, 7) is 7.60. The molecule has 0 saturated carbocycles. The predicted molar refractivity (Wildman–Crippen MR) is 50.9 cm³/mol. The van der Waals surface area contributed by atoms with Gasteiger partial charge >= 0.3 is 0 Å². The summed E-state index contributed by atoms with van der Waals surface area (Å²) in [4.78, 5) is 0. The lowest BCUT2D eigenvalue weighted by Gasteiger charge is -2.22. The van der Waals surface area contributed by atoms with Gasteiger partial charge in [0, 0.05) is 0 Å². The summed E-state index contributed by atoms with van der Waals surface area (Å²) in [6, 6.07) is 0. The molecule has 2 rings (SSSR count). The van der Waals surface area contributed by atoms with Crippen LogP contribution in [0.1, 0.15) is 27.7 Å². The number of rotatable bonds is 1. The van der Waals surface area contributed by atoms with Crippen LogP contribution in [0.4, 0.5) is 0 Å². The molecule has 88 valence electrons. The smallest absolute Gasteiger partial charge is 0.187 e. The molecule has 0 aliphatic carbocycles. The Bertz CT molecular complexity index is 250. The minimum Gasteiger partial charge on any atom is -0.366 e. The first-order chi connectivity index (χ1) is 6.79. The first-order valence-electron chi connectivity index (χ1n) is 5.15. The molecule has 2 fully saturated rings. The lowest BCUT2D eigenvalue weighted by Crippen LogP contribution is -2.38. The van der Waals surface area contributed by atoms with Crippen LogP contribution in [0.2, 0.25) is 0 Å². The van der Waals surface area contributed by atoms with E-state index < -0.39 is 24.0 Å². The quantitative estimate of drug-likeness (QED) is 0.698. The van der Waals surface area contributed by atoms with Gasteiger partial charge in [0.2, 0.25) is 0 Å². The van der Waals surface area contributed by atoms with Crippen molar-refractivity contribution in [2.45, 2.75) is 57.8 Å². The first-order valence-corrected chi connectivity index (χ1v) is 5.15. The second-order valence-corrected chi connectivity index (χ2v) is 4.86. The molecule has 15 heavy (non-hydrogen) atoms. The van der Waals surface area contributed by atoms with E-state index >= 15 is 0 Å². The van der Waals surface area contributed by atoms with Gasteiger partial charge in [-0.25, -0.2) is 0 Å². The number of hydrogen-bond donors (Lipinski definition) is 1. The van der Waals surface area contributed by atoms with Gasteiger partial charge in [-0.3, -0.25) is 0 Å². The molecule has 5 nitrogen and oxygen atoms in total. The zero-order chi connectivity index (χ0) is 11.3. The molecule has 2 saturated heterocycles. The van der Waals surface area contributed by atoms with E-state index in [1.807, 2.05) is 13.8 Å². The second-order valence-electron chi connectivity index (χ2n) is 4.86. The lowest BCUT2D eigenvalue weighted by molar-refractivity contribution is -0.179. The Morgan fingerprint density at radius 2 is 1.67 bits per heavy atom. The van der Waals surface area contributed by atoms with Crippen LogP contribution < -0.4 is 0 Å². The third-order valence-electron chi connectivity index (χ3n) is 2.50. The Balaban J connectivity index is 2.01. The van der Waals surface area contributed by atoms with Crippen molar-refractivity contribution in [2.75, 3.05) is 6.61 Å². The van der Waals surface area contributed by atoms with Crippen LogP contribution in [0.15, 0.2) is 0 Å². The third-order valence-corrected chi connectivity index (χ3v) is 2.50. The summed E-state index contributed by atoms with van der Waals surface area (Å²) in [7, 11) is 0. The van der Waals surface area contributed by atoms with E-state index in [0.29, 0.717) is 6.61 Å². The van der Waals surface area contributed by atoms with Crippen molar-refractivity contribution >= 4 is 0 Å². The summed E-state index contributed by atoms with van der Waals surface area (Å²) < 4.78 is 21.8. The highest BCUT2D eigenvalue weighted by Gasteiger charge is 2.49. The van der Waals surface area contributed by atoms with Crippen LogP contribution in [0.5, 0.6) is 0 Å². The molecule has 0 amide bonds. The van der Waals surface area contributed by atoms with Crippen LogP contribution in [0, 0.1) is 0 Å². The van der Waals surface area contributed by atoms with Gasteiger partial charge in [0.15, 0.2) is 17.9 Å². The van der Waals surface area contributed by atoms with Crippen molar-refractivity contribution in [3.8, 4) is 0 Å². The van der Waals surface area contributed by atoms with Crippen molar-refractivity contribution in [3.63, 3.8) is 0 Å². The largest absolute Gasteiger partial charge is 0.366 e. The fourth-order valence-electron chi connectivity index (χ4n) is 1.91. The molecule has 0 aromatic carbocycles. The summed E-state index contributed by atoms with van der Waals surface area (Å²) in [5.41, 5.74) is 0. The minimum absolute atomic E-state index is 0.281. The summed E-state index contributed by atoms with van der Waals surface area (Å²) in [6.07, 6.45) is -1.72. The summed E-state index contributed by atoms with van der Waals surface area (Å²) in [5, 5.41) is 9.67. The van der Waals surface area contributed by atoms with E-state index in [0.717, 1.165) is 0 Å². The topological polar surface area (TPSA) is 57.2 Å². The van der Waals surface area contributed by atoms with Crippen molar-refractivity contribution < 1.29 is 24.1 Å². The van der Waals surface area contributed by atoms with Gasteiger partial charge in [-0.05, 0) is 27.7 Å². The summed E-state index contributed by atoms with van der Waals surface area (Å²) in [5.74, 6) is -1.37. The molecule has 1 N–H and O–H groups in total. The average Bonchev–Trinajstić information content (AvgIpc) is 2.51. The highest BCUT2D eigenvalue weighted by molar-refractivity contribution is 4.85. The SMILES string of the molecule is CC1(C)O[C@H]([C@H]2COC(C)(C)O2)[C@@H](O)O1. The fourth-order valence-corrected chi connectivity index (χ4v) is 1.91. The molecular weight excluding hydrogens is 200 g/mol. The van der Waals surface area contributed by atoms with Gasteiger partial charge in [0.1, 0.15) is 12.2 Å². The van der Waals surface area contributed by atoms with E-state index in [1.165, 1.54) is 0 Å². The Labute approximate surface area is 89.3 Å². The molecule has 2 heterocycles. The molecule has 0 spiro atoms. The van der Waals surface area contributed by atoms with E-state index in [9.17, 15) is 5.11 Å². The zero-order valence-electron chi connectivity index (χ0n) is 9.52. The Hall–Kier alpha value is -0.200. The number of aliphatic hydroxyl groups excluding tert-OH is 1. The van der Waals surface area contributed by atoms with Crippen LogP contribution in [-0.4, -0.2) is 41.8 Å². The number of ether oxygens (including phenoxy) is 4. The number of hydrogen-bond acceptors (Lipinski definition) is 5. The van der Waals surface area contributed by atoms with Gasteiger partial charge in [-0.15, -0.1) is 0 Å². The third kappa shape index (κ3) is 2.32. The first kappa shape index (κ1) is 11.3. The zero-order valence-corrected chi connectivity index (χ0v) is 9.52. The van der Waals surface area contributed by atoms with Crippen LogP contribution in [0.25, 0.3) is 0 Å². The van der Waals surface area contributed by atoms with E-state index in [2.05, 4.69) is 0 Å². The summed E-state index contributed by atoms with van der Waals surface area (Å²) >= 11 is 0. The Morgan fingerprint density at radius 3 is 2.07 bits per heavy atom. The van der Waals surface area contributed by atoms with E-state index in [4.69, 9.17) is 18.9 Å². The normalized spacial score (nSPS) is 43.4. The molecule has 0 aromatic rings. The highest BCUT2D eigenvalue weighted by atomic mass is 16.8. The van der Waals surface area contributed by atoms with Crippen molar-refractivity contribution in [3.05, 3.63) is 0 Å². The maximum absolute atomic E-state index is 9.67. The molecule has 5 heteroatoms. The van der Waals surface area contributed by atoms with Crippen molar-refractivity contribution in [1.82, 2.24) is 0 Å². The van der Waals surface area contributed by atoms with Crippen molar-refractivity contribution in [1.29, 1.82) is 0 Å². The van der Waals surface area contributed by atoms with Gasteiger partial charge in [0.05, 0.1) is 6.61 Å². The predicted octanol–water partition coefficient (Wildman–Crippen LogP) is 0.608. The molecule has 0 aromatic heterocycles. The molecule has 2 aliphatic heterocycles. The average molecular weight is 218 g/mol. The van der Waals surface area contributed by atoms with Crippen LogP contribution >= 0.6 is 0 Å². The lowest BCUT2D eigenvalue weighted by atomic mass is 10.2.